The molecule has 3 nitrogen and oxygen atoms in total. The number of benzene rings is 2. The van der Waals surface area contributed by atoms with Gasteiger partial charge in [0, 0.05) is 0 Å². The molecule has 0 bridgehead atoms. The van der Waals surface area contributed by atoms with Crippen molar-refractivity contribution in [2.24, 2.45) is 0 Å². The van der Waals surface area contributed by atoms with Crippen LogP contribution in [0.3, 0.4) is 0 Å². The molecule has 0 amide bonds. The molecule has 0 aliphatic carbocycles. The predicted molar refractivity (Wildman–Crippen MR) is 129 cm³/mol. The second kappa shape index (κ2) is 11.5. The van der Waals surface area contributed by atoms with Gasteiger partial charge in [-0.05, 0) is 0 Å². The Hall–Kier alpha value is -2.10. The molecule has 0 radical (unpaired) electrons. The van der Waals surface area contributed by atoms with Gasteiger partial charge >= 0.3 is 187 Å². The molecule has 162 valence electrons. The first-order valence-corrected chi connectivity index (χ1v) is 13.0. The number of morpholine rings is 1. The van der Waals surface area contributed by atoms with Crippen LogP contribution >= 0.6 is 0 Å². The Balaban J connectivity index is 1.48. The summed E-state index contributed by atoms with van der Waals surface area (Å²) >= 11 is 0.397. The number of ether oxygens (including phenoxy) is 2. The summed E-state index contributed by atoms with van der Waals surface area (Å²) in [7, 11) is 0. The Morgan fingerprint density at radius 1 is 1.03 bits per heavy atom. The number of nitrogens with zero attached hydrogens (tertiary/aromatic N) is 1. The van der Waals surface area contributed by atoms with E-state index in [0.29, 0.717) is 27.0 Å². The second-order valence-corrected chi connectivity index (χ2v) is 9.80. The van der Waals surface area contributed by atoms with Gasteiger partial charge in [0.05, 0.1) is 0 Å². The average Bonchev–Trinajstić information content (AvgIpc) is 3.36. The van der Waals surface area contributed by atoms with Crippen LogP contribution in [0.1, 0.15) is 34.8 Å². The molecule has 1 aliphatic heterocycles. The van der Waals surface area contributed by atoms with Gasteiger partial charge in [0.1, 0.15) is 0 Å². The van der Waals surface area contributed by atoms with Crippen LogP contribution in [-0.4, -0.2) is 58.9 Å². The summed E-state index contributed by atoms with van der Waals surface area (Å²) in [5.41, 5.74) is 4.01. The van der Waals surface area contributed by atoms with Crippen LogP contribution in [0, 0.1) is 0 Å². The van der Waals surface area contributed by atoms with E-state index in [1.807, 2.05) is 0 Å². The van der Waals surface area contributed by atoms with Crippen molar-refractivity contribution in [3.8, 4) is 5.75 Å². The fraction of sp³-hybridized carbons (Fsp3) is 0.333. The summed E-state index contributed by atoms with van der Waals surface area (Å²) in [5, 5.41) is 0. The van der Waals surface area contributed by atoms with E-state index in [2.05, 4.69) is 89.6 Å². The SMILES string of the molecule is CCC(/C=C(\c1ccc(OCCN2CCOCC2)cc1)c1ccc[se]1)c1ccccc1. The predicted octanol–water partition coefficient (Wildman–Crippen LogP) is 5.08. The van der Waals surface area contributed by atoms with Gasteiger partial charge in [-0.1, -0.05) is 0 Å². The molecule has 1 unspecified atom stereocenters. The number of hydrogen-bond donors (Lipinski definition) is 0. The van der Waals surface area contributed by atoms with E-state index >= 15 is 0 Å². The molecule has 3 aromatic rings. The normalized spacial score (nSPS) is 16.2. The minimum absolute atomic E-state index is 0.397. The summed E-state index contributed by atoms with van der Waals surface area (Å²) in [6, 6.07) is 23.9. The van der Waals surface area contributed by atoms with Crippen molar-refractivity contribution in [2.45, 2.75) is 19.3 Å². The van der Waals surface area contributed by atoms with Gasteiger partial charge in [-0.3, -0.25) is 0 Å². The van der Waals surface area contributed by atoms with Crippen molar-refractivity contribution in [2.75, 3.05) is 39.5 Å². The quantitative estimate of drug-likeness (QED) is 0.399. The van der Waals surface area contributed by atoms with E-state index in [4.69, 9.17) is 9.47 Å². The summed E-state index contributed by atoms with van der Waals surface area (Å²) < 4.78 is 12.9. The average molecular weight is 481 g/mol. The van der Waals surface area contributed by atoms with Gasteiger partial charge in [-0.2, -0.15) is 0 Å². The fourth-order valence-electron chi connectivity index (χ4n) is 3.95. The maximum absolute atomic E-state index is 6.02. The minimum atomic E-state index is 0.397. The van der Waals surface area contributed by atoms with Crippen LogP contribution in [0.15, 0.2) is 77.7 Å². The first kappa shape index (κ1) is 22.1. The van der Waals surface area contributed by atoms with Gasteiger partial charge in [0.2, 0.25) is 0 Å². The number of rotatable bonds is 9. The van der Waals surface area contributed by atoms with E-state index in [-0.39, 0.29) is 0 Å². The van der Waals surface area contributed by atoms with Crippen molar-refractivity contribution in [3.05, 3.63) is 93.3 Å². The van der Waals surface area contributed by atoms with Crippen LogP contribution in [0.25, 0.3) is 5.57 Å². The van der Waals surface area contributed by atoms with Crippen molar-refractivity contribution in [1.29, 1.82) is 0 Å². The molecule has 0 saturated carbocycles. The molecule has 2 heterocycles. The summed E-state index contributed by atoms with van der Waals surface area (Å²) in [6.07, 6.45) is 3.55. The van der Waals surface area contributed by atoms with Crippen molar-refractivity contribution in [1.82, 2.24) is 4.90 Å². The molecular formula is C27H31NO2Se. The molecule has 1 fully saturated rings. The third-order valence-corrected chi connectivity index (χ3v) is 7.66. The van der Waals surface area contributed by atoms with Crippen LogP contribution in [0.2, 0.25) is 0 Å². The molecule has 1 aromatic heterocycles. The second-order valence-electron chi connectivity index (χ2n) is 7.81. The number of allylic oxidation sites excluding steroid dienone is 1. The third-order valence-electron chi connectivity index (χ3n) is 5.77. The van der Waals surface area contributed by atoms with Crippen molar-refractivity contribution >= 4 is 20.1 Å². The molecule has 1 saturated heterocycles. The first-order valence-electron chi connectivity index (χ1n) is 11.2. The van der Waals surface area contributed by atoms with Crippen LogP contribution < -0.4 is 4.74 Å². The van der Waals surface area contributed by atoms with E-state index in [0.717, 1.165) is 45.0 Å². The Morgan fingerprint density at radius 3 is 2.48 bits per heavy atom. The Kier molecular flexibility index (Phi) is 8.20. The zero-order valence-corrected chi connectivity index (χ0v) is 19.9. The van der Waals surface area contributed by atoms with E-state index in [9.17, 15) is 0 Å². The summed E-state index contributed by atoms with van der Waals surface area (Å²) in [4.78, 5) is 4.69. The van der Waals surface area contributed by atoms with Crippen LogP contribution in [0.5, 0.6) is 5.75 Å². The van der Waals surface area contributed by atoms with Crippen molar-refractivity contribution < 1.29 is 9.47 Å². The van der Waals surface area contributed by atoms with Gasteiger partial charge in [0.15, 0.2) is 0 Å². The van der Waals surface area contributed by atoms with E-state index in [1.54, 1.807) is 0 Å². The summed E-state index contributed by atoms with van der Waals surface area (Å²) in [5.74, 6) is 1.36. The summed E-state index contributed by atoms with van der Waals surface area (Å²) in [6.45, 7) is 7.60. The van der Waals surface area contributed by atoms with Crippen molar-refractivity contribution in [3.63, 3.8) is 0 Å². The zero-order valence-electron chi connectivity index (χ0n) is 18.2. The molecule has 0 N–H and O–H groups in total. The van der Waals surface area contributed by atoms with Gasteiger partial charge in [0.25, 0.3) is 0 Å². The molecular weight excluding hydrogens is 449 g/mol. The molecule has 2 aromatic carbocycles. The molecule has 1 atom stereocenters. The van der Waals surface area contributed by atoms with E-state index < -0.39 is 0 Å². The molecule has 1 aliphatic rings. The Labute approximate surface area is 192 Å². The van der Waals surface area contributed by atoms with E-state index in [1.165, 1.54) is 21.1 Å². The topological polar surface area (TPSA) is 21.7 Å². The zero-order chi connectivity index (χ0) is 21.3. The molecule has 4 heteroatoms. The van der Waals surface area contributed by atoms with Gasteiger partial charge < -0.3 is 4.74 Å². The molecule has 0 spiro atoms. The Bertz CT molecular complexity index is 929. The number of hydrogen-bond acceptors (Lipinski definition) is 3. The third kappa shape index (κ3) is 6.21. The fourth-order valence-corrected chi connectivity index (χ4v) is 5.58. The van der Waals surface area contributed by atoms with Crippen LogP contribution in [-0.2, 0) is 4.74 Å². The van der Waals surface area contributed by atoms with Crippen LogP contribution in [0.4, 0.5) is 0 Å². The monoisotopic (exact) mass is 481 g/mol. The van der Waals surface area contributed by atoms with Gasteiger partial charge in [-0.25, -0.2) is 0 Å². The first-order chi connectivity index (χ1) is 15.3. The van der Waals surface area contributed by atoms with Gasteiger partial charge in [-0.15, -0.1) is 0 Å². The molecule has 31 heavy (non-hydrogen) atoms. The molecule has 4 rings (SSSR count). The standard InChI is InChI=1S/C27H31NO2Se/c1-2-22(23-7-4-3-5-8-23)21-26(27-9-6-20-31-27)24-10-12-25(13-11-24)30-19-16-28-14-17-29-18-15-28/h3-13,20-22H,2,14-19H2,1H3/b26-21+. The Morgan fingerprint density at radius 2 is 1.81 bits per heavy atom. The maximum atomic E-state index is 6.02.